The minimum Gasteiger partial charge on any atom is -0.464 e. The molecular weight excluding hydrogens is 280 g/mol. The summed E-state index contributed by atoms with van der Waals surface area (Å²) in [6.45, 7) is 0. The highest BCUT2D eigenvalue weighted by Crippen LogP contribution is 2.22. The second kappa shape index (κ2) is 4.74. The monoisotopic (exact) mass is 288 g/mol. The van der Waals surface area contributed by atoms with E-state index in [1.807, 2.05) is 0 Å². The van der Waals surface area contributed by atoms with Crippen LogP contribution in [0.5, 0.6) is 0 Å². The Balaban J connectivity index is 2.36. The number of aromatic nitrogens is 3. The van der Waals surface area contributed by atoms with E-state index in [0.29, 0.717) is 0 Å². The number of aromatic amines is 1. The predicted octanol–water partition coefficient (Wildman–Crippen LogP) is 0.454. The van der Waals surface area contributed by atoms with E-state index in [9.17, 15) is 13.2 Å². The van der Waals surface area contributed by atoms with Gasteiger partial charge in [-0.15, -0.1) is 11.3 Å². The average Bonchev–Trinajstić information content (AvgIpc) is 2.97. The Morgan fingerprint density at radius 3 is 2.89 bits per heavy atom. The van der Waals surface area contributed by atoms with Gasteiger partial charge in [0.1, 0.15) is 0 Å². The smallest absolute Gasteiger partial charge is 0.358 e. The molecule has 2 aromatic rings. The summed E-state index contributed by atoms with van der Waals surface area (Å²) < 4.78 is 30.4. The first-order chi connectivity index (χ1) is 8.54. The van der Waals surface area contributed by atoms with E-state index in [1.165, 1.54) is 17.9 Å². The fourth-order valence-electron chi connectivity index (χ4n) is 1.15. The van der Waals surface area contributed by atoms with E-state index in [2.05, 4.69) is 24.4 Å². The molecule has 0 fully saturated rings. The third-order valence-corrected chi connectivity index (χ3v) is 4.60. The number of carbonyl (C=O) groups is 1. The van der Waals surface area contributed by atoms with Crippen LogP contribution in [0.2, 0.25) is 0 Å². The lowest BCUT2D eigenvalue weighted by Gasteiger charge is -2.04. The minimum atomic E-state index is -3.91. The normalized spacial score (nSPS) is 11.2. The topological polar surface area (TPSA) is 114 Å². The van der Waals surface area contributed by atoms with Gasteiger partial charge in [0.15, 0.2) is 9.90 Å². The molecule has 2 N–H and O–H groups in total. The predicted molar refractivity (Wildman–Crippen MR) is 62.8 cm³/mol. The molecule has 0 atom stereocenters. The lowest BCUT2D eigenvalue weighted by molar-refractivity contribution is 0.0590. The van der Waals surface area contributed by atoms with E-state index >= 15 is 0 Å². The highest BCUT2D eigenvalue weighted by Gasteiger charge is 2.27. The van der Waals surface area contributed by atoms with E-state index in [4.69, 9.17) is 0 Å². The molecule has 2 rings (SSSR count). The number of ether oxygens (including phenoxy) is 1. The van der Waals surface area contributed by atoms with Crippen LogP contribution in [0.4, 0.5) is 5.95 Å². The van der Waals surface area contributed by atoms with E-state index in [1.54, 1.807) is 0 Å². The number of esters is 1. The van der Waals surface area contributed by atoms with Gasteiger partial charge in [0.05, 0.1) is 12.6 Å². The molecule has 0 bridgehead atoms. The number of rotatable bonds is 4. The molecule has 0 saturated heterocycles. The standard InChI is InChI=1S/C8H8N4O4S2/c1-16-6(13)5-7(17-4-11-5)18(14,15)12-8-9-2-3-10-8/h2-4H,1H3,(H2,9,10,12). The van der Waals surface area contributed by atoms with Crippen molar-refractivity contribution in [1.82, 2.24) is 15.0 Å². The number of methoxy groups -OCH3 is 1. The van der Waals surface area contributed by atoms with Crippen LogP contribution in [0.3, 0.4) is 0 Å². The summed E-state index contributed by atoms with van der Waals surface area (Å²) in [5.41, 5.74) is 1.00. The molecule has 8 nitrogen and oxygen atoms in total. The van der Waals surface area contributed by atoms with Gasteiger partial charge in [0.25, 0.3) is 10.0 Å². The number of nitrogens with one attached hydrogen (secondary N) is 2. The molecule has 0 unspecified atom stereocenters. The SMILES string of the molecule is COC(=O)c1ncsc1S(=O)(=O)Nc1ncc[nH]1. The number of sulfonamides is 1. The van der Waals surface area contributed by atoms with Crippen LogP contribution in [0.15, 0.2) is 22.1 Å². The summed E-state index contributed by atoms with van der Waals surface area (Å²) >= 11 is 0.818. The van der Waals surface area contributed by atoms with E-state index in [0.717, 1.165) is 18.4 Å². The molecule has 18 heavy (non-hydrogen) atoms. The van der Waals surface area contributed by atoms with Gasteiger partial charge in [-0.25, -0.2) is 27.9 Å². The first-order valence-electron chi connectivity index (χ1n) is 4.58. The van der Waals surface area contributed by atoms with Crippen molar-refractivity contribution in [1.29, 1.82) is 0 Å². The number of hydrogen-bond donors (Lipinski definition) is 2. The second-order valence-corrected chi connectivity index (χ2v) is 5.76. The Bertz CT molecular complexity index is 646. The average molecular weight is 288 g/mol. The van der Waals surface area contributed by atoms with Crippen molar-refractivity contribution in [3.05, 3.63) is 23.6 Å². The van der Waals surface area contributed by atoms with Gasteiger partial charge in [-0.3, -0.25) is 0 Å². The zero-order valence-corrected chi connectivity index (χ0v) is 10.7. The van der Waals surface area contributed by atoms with Gasteiger partial charge >= 0.3 is 5.97 Å². The van der Waals surface area contributed by atoms with Crippen LogP contribution >= 0.6 is 11.3 Å². The summed E-state index contributed by atoms with van der Waals surface area (Å²) in [5, 5.41) is 0. The lowest BCUT2D eigenvalue weighted by atomic mass is 10.5. The molecule has 0 aromatic carbocycles. The van der Waals surface area contributed by atoms with Gasteiger partial charge in [-0.05, 0) is 0 Å². The third-order valence-electron chi connectivity index (χ3n) is 1.89. The summed E-state index contributed by atoms with van der Waals surface area (Å²) in [4.78, 5) is 21.3. The van der Waals surface area contributed by atoms with Crippen molar-refractivity contribution < 1.29 is 17.9 Å². The van der Waals surface area contributed by atoms with Gasteiger partial charge in [0.2, 0.25) is 5.95 Å². The molecule has 0 aliphatic carbocycles. The van der Waals surface area contributed by atoms with Crippen LogP contribution in [-0.2, 0) is 14.8 Å². The van der Waals surface area contributed by atoms with Crippen LogP contribution in [0, 0.1) is 0 Å². The Kier molecular flexibility index (Phi) is 3.30. The summed E-state index contributed by atoms with van der Waals surface area (Å²) in [6.07, 6.45) is 2.86. The Morgan fingerprint density at radius 2 is 2.28 bits per heavy atom. The molecule has 2 heterocycles. The highest BCUT2D eigenvalue weighted by atomic mass is 32.2. The number of anilines is 1. The Labute approximate surface area is 106 Å². The number of thiazole rings is 1. The Hall–Kier alpha value is -1.94. The van der Waals surface area contributed by atoms with E-state index in [-0.39, 0.29) is 15.9 Å². The molecule has 0 saturated carbocycles. The van der Waals surface area contributed by atoms with Crippen molar-refractivity contribution in [2.24, 2.45) is 0 Å². The maximum atomic E-state index is 12.0. The molecule has 0 aliphatic rings. The maximum Gasteiger partial charge on any atom is 0.358 e. The minimum absolute atomic E-state index is 0.0548. The molecule has 96 valence electrons. The Morgan fingerprint density at radius 1 is 1.50 bits per heavy atom. The van der Waals surface area contributed by atoms with Crippen molar-refractivity contribution in [2.75, 3.05) is 11.8 Å². The summed E-state index contributed by atoms with van der Waals surface area (Å²) in [5.74, 6) is -0.754. The van der Waals surface area contributed by atoms with Crippen LogP contribution in [0.1, 0.15) is 10.5 Å². The van der Waals surface area contributed by atoms with Crippen molar-refractivity contribution in [2.45, 2.75) is 4.21 Å². The van der Waals surface area contributed by atoms with Gasteiger partial charge < -0.3 is 9.72 Å². The van der Waals surface area contributed by atoms with E-state index < -0.39 is 16.0 Å². The van der Waals surface area contributed by atoms with Gasteiger partial charge in [0, 0.05) is 12.4 Å². The number of nitrogens with zero attached hydrogens (tertiary/aromatic N) is 2. The van der Waals surface area contributed by atoms with Crippen molar-refractivity contribution in [3.8, 4) is 0 Å². The van der Waals surface area contributed by atoms with Crippen LogP contribution in [0.25, 0.3) is 0 Å². The van der Waals surface area contributed by atoms with Crippen LogP contribution < -0.4 is 4.72 Å². The molecule has 0 amide bonds. The summed E-state index contributed by atoms with van der Waals surface area (Å²) in [6, 6.07) is 0. The number of carbonyl (C=O) groups excluding carboxylic acids is 1. The molecule has 0 radical (unpaired) electrons. The van der Waals surface area contributed by atoms with Crippen LogP contribution in [-0.4, -0.2) is 36.4 Å². The molecule has 0 spiro atoms. The molecule has 2 aromatic heterocycles. The second-order valence-electron chi connectivity index (χ2n) is 3.02. The highest BCUT2D eigenvalue weighted by molar-refractivity contribution is 7.94. The maximum absolute atomic E-state index is 12.0. The number of hydrogen-bond acceptors (Lipinski definition) is 7. The molecule has 0 aliphatic heterocycles. The molecular formula is C8H8N4O4S2. The zero-order chi connectivity index (χ0) is 13.2. The summed E-state index contributed by atoms with van der Waals surface area (Å²) in [7, 11) is -2.76. The van der Waals surface area contributed by atoms with Crippen molar-refractivity contribution in [3.63, 3.8) is 0 Å². The molecule has 10 heteroatoms. The fraction of sp³-hybridized carbons (Fsp3) is 0.125. The fourth-order valence-corrected chi connectivity index (χ4v) is 3.27. The zero-order valence-electron chi connectivity index (χ0n) is 9.08. The third kappa shape index (κ3) is 2.33. The number of imidazole rings is 1. The first kappa shape index (κ1) is 12.5. The van der Waals surface area contributed by atoms with Gasteiger partial charge in [-0.1, -0.05) is 0 Å². The quantitative estimate of drug-likeness (QED) is 0.790. The van der Waals surface area contributed by atoms with Crippen molar-refractivity contribution >= 4 is 33.3 Å². The lowest BCUT2D eigenvalue weighted by Crippen LogP contribution is -2.16. The van der Waals surface area contributed by atoms with Gasteiger partial charge in [-0.2, -0.15) is 0 Å². The first-order valence-corrected chi connectivity index (χ1v) is 6.95. The number of H-pyrrole nitrogens is 1. The largest absolute Gasteiger partial charge is 0.464 e.